The van der Waals surface area contributed by atoms with Crippen molar-refractivity contribution in [1.29, 1.82) is 0 Å². The molecule has 0 bridgehead atoms. The smallest absolute Gasteiger partial charge is 0.281 e. The molecule has 3 rings (SSSR count). The number of thiazole rings is 1. The van der Waals surface area contributed by atoms with Crippen LogP contribution in [0.1, 0.15) is 12.0 Å². The maximum atomic E-state index is 11.9. The van der Waals surface area contributed by atoms with E-state index in [1.807, 2.05) is 25.1 Å². The number of hydrogen-bond acceptors (Lipinski definition) is 5. The van der Waals surface area contributed by atoms with Gasteiger partial charge in [-0.3, -0.25) is 9.59 Å². The molecule has 1 aromatic heterocycles. The second-order valence-electron chi connectivity index (χ2n) is 4.84. The molecule has 7 heteroatoms. The quantitative estimate of drug-likeness (QED) is 0.940. The third-order valence-electron chi connectivity index (χ3n) is 3.32. The molecule has 1 saturated heterocycles. The van der Waals surface area contributed by atoms with Crippen LogP contribution in [0.4, 0.5) is 9.93 Å². The Morgan fingerprint density at radius 3 is 3.05 bits per heavy atom. The van der Waals surface area contributed by atoms with E-state index in [9.17, 15) is 9.59 Å². The Morgan fingerprint density at radius 2 is 2.33 bits per heavy atom. The van der Waals surface area contributed by atoms with Gasteiger partial charge < -0.3 is 10.2 Å². The van der Waals surface area contributed by atoms with Gasteiger partial charge in [0, 0.05) is 25.3 Å². The van der Waals surface area contributed by atoms with Crippen molar-refractivity contribution in [3.63, 3.8) is 0 Å². The third kappa shape index (κ3) is 3.19. The lowest BCUT2D eigenvalue weighted by Crippen LogP contribution is -2.27. The summed E-state index contributed by atoms with van der Waals surface area (Å²) in [6.45, 7) is 3.21. The van der Waals surface area contributed by atoms with Gasteiger partial charge in [0.25, 0.3) is 5.24 Å². The monoisotopic (exact) mass is 321 g/mol. The molecule has 21 heavy (non-hydrogen) atoms. The molecule has 0 radical (unpaired) electrons. The van der Waals surface area contributed by atoms with Crippen LogP contribution >= 0.6 is 23.1 Å². The predicted octanol–water partition coefficient (Wildman–Crippen LogP) is 3.10. The highest BCUT2D eigenvalue weighted by atomic mass is 32.2. The summed E-state index contributed by atoms with van der Waals surface area (Å²) in [7, 11) is 0. The van der Waals surface area contributed by atoms with Crippen LogP contribution in [0, 0.1) is 6.92 Å². The Morgan fingerprint density at radius 1 is 1.48 bits per heavy atom. The number of benzene rings is 1. The summed E-state index contributed by atoms with van der Waals surface area (Å²) in [5.41, 5.74) is 2.04. The fraction of sp³-hybridized carbons (Fsp3) is 0.357. The van der Waals surface area contributed by atoms with Gasteiger partial charge in [-0.2, -0.15) is 0 Å². The summed E-state index contributed by atoms with van der Waals surface area (Å²) >= 11 is 2.78. The number of fused-ring (bicyclic) bond motifs is 1. The van der Waals surface area contributed by atoms with E-state index < -0.39 is 0 Å². The Labute approximate surface area is 130 Å². The average molecular weight is 321 g/mol. The molecule has 1 aromatic carbocycles. The Hall–Kier alpha value is -1.60. The van der Waals surface area contributed by atoms with E-state index in [-0.39, 0.29) is 11.1 Å². The van der Waals surface area contributed by atoms with Gasteiger partial charge in [-0.1, -0.05) is 35.2 Å². The van der Waals surface area contributed by atoms with E-state index in [0.29, 0.717) is 18.1 Å². The van der Waals surface area contributed by atoms with Gasteiger partial charge in [0.1, 0.15) is 0 Å². The first-order chi connectivity index (χ1) is 10.1. The topological polar surface area (TPSA) is 62.3 Å². The largest absolute Gasteiger partial charge is 0.332 e. The number of hydrogen-bond donors (Lipinski definition) is 1. The van der Waals surface area contributed by atoms with Gasteiger partial charge in [0.15, 0.2) is 5.13 Å². The lowest BCUT2D eigenvalue weighted by molar-refractivity contribution is -0.116. The predicted molar refractivity (Wildman–Crippen MR) is 87.0 cm³/mol. The number of thioether (sulfide) groups is 1. The minimum Gasteiger partial charge on any atom is -0.332 e. The van der Waals surface area contributed by atoms with Crippen molar-refractivity contribution >= 4 is 49.6 Å². The average Bonchev–Trinajstić information content (AvgIpc) is 3.03. The summed E-state index contributed by atoms with van der Waals surface area (Å²) in [4.78, 5) is 29.6. The van der Waals surface area contributed by atoms with Gasteiger partial charge >= 0.3 is 0 Å². The van der Waals surface area contributed by atoms with Crippen LogP contribution in [-0.2, 0) is 4.79 Å². The Kier molecular flexibility index (Phi) is 4.12. The number of para-hydroxylation sites is 1. The number of aromatic nitrogens is 1. The summed E-state index contributed by atoms with van der Waals surface area (Å²) in [6, 6.07) is 5.98. The van der Waals surface area contributed by atoms with Gasteiger partial charge in [-0.15, -0.1) is 0 Å². The van der Waals surface area contributed by atoms with E-state index in [2.05, 4.69) is 10.3 Å². The van der Waals surface area contributed by atoms with Crippen molar-refractivity contribution in [2.24, 2.45) is 0 Å². The first-order valence-electron chi connectivity index (χ1n) is 6.71. The molecular formula is C14H15N3O2S2. The number of carbonyl (C=O) groups is 2. The molecule has 2 heterocycles. The molecule has 1 N–H and O–H groups in total. The summed E-state index contributed by atoms with van der Waals surface area (Å²) in [6.07, 6.45) is 0.307. The third-order valence-corrected chi connectivity index (χ3v) is 5.15. The molecule has 2 amide bonds. The molecule has 0 spiro atoms. The van der Waals surface area contributed by atoms with Crippen molar-refractivity contribution in [3.8, 4) is 0 Å². The number of anilines is 1. The molecule has 2 aromatic rings. The zero-order valence-electron chi connectivity index (χ0n) is 11.6. The maximum Gasteiger partial charge on any atom is 0.281 e. The number of nitrogens with one attached hydrogen (secondary N) is 1. The van der Waals surface area contributed by atoms with Crippen molar-refractivity contribution in [2.75, 3.05) is 24.2 Å². The lowest BCUT2D eigenvalue weighted by Gasteiger charge is -2.13. The Bertz CT molecular complexity index is 699. The molecule has 0 aliphatic carbocycles. The molecule has 0 atom stereocenters. The maximum absolute atomic E-state index is 11.9. The second kappa shape index (κ2) is 6.03. The van der Waals surface area contributed by atoms with E-state index in [4.69, 9.17) is 0 Å². The zero-order chi connectivity index (χ0) is 14.8. The van der Waals surface area contributed by atoms with Crippen molar-refractivity contribution in [3.05, 3.63) is 23.8 Å². The number of aryl methyl sites for hydroxylation is 1. The van der Waals surface area contributed by atoms with Gasteiger partial charge in [0.2, 0.25) is 5.91 Å². The summed E-state index contributed by atoms with van der Waals surface area (Å²) in [5, 5.41) is 3.51. The molecule has 5 nitrogen and oxygen atoms in total. The molecule has 1 aliphatic heterocycles. The minimum absolute atomic E-state index is 0.0680. The number of carbonyl (C=O) groups excluding carboxylic acids is 2. The highest BCUT2D eigenvalue weighted by molar-refractivity contribution is 8.13. The van der Waals surface area contributed by atoms with Crippen LogP contribution in [0.3, 0.4) is 0 Å². The minimum atomic E-state index is -0.101. The van der Waals surface area contributed by atoms with Crippen LogP contribution in [0.25, 0.3) is 10.2 Å². The van der Waals surface area contributed by atoms with E-state index in [1.165, 1.54) is 23.1 Å². The fourth-order valence-electron chi connectivity index (χ4n) is 2.19. The van der Waals surface area contributed by atoms with Crippen LogP contribution in [-0.4, -0.2) is 39.9 Å². The number of amides is 2. The molecular weight excluding hydrogens is 306 g/mol. The fourth-order valence-corrected chi connectivity index (χ4v) is 4.00. The van der Waals surface area contributed by atoms with Gasteiger partial charge in [0.05, 0.1) is 10.2 Å². The van der Waals surface area contributed by atoms with E-state index in [1.54, 1.807) is 4.90 Å². The summed E-state index contributed by atoms with van der Waals surface area (Å²) < 4.78 is 1.07. The highest BCUT2D eigenvalue weighted by Crippen LogP contribution is 2.28. The van der Waals surface area contributed by atoms with Crippen molar-refractivity contribution in [2.45, 2.75) is 13.3 Å². The molecule has 0 unspecified atom stereocenters. The highest BCUT2D eigenvalue weighted by Gasteiger charge is 2.21. The second-order valence-corrected chi connectivity index (χ2v) is 6.92. The van der Waals surface area contributed by atoms with Gasteiger partial charge in [-0.25, -0.2) is 4.98 Å². The number of nitrogens with zero attached hydrogens (tertiary/aromatic N) is 2. The van der Waals surface area contributed by atoms with Crippen LogP contribution in [0.2, 0.25) is 0 Å². The van der Waals surface area contributed by atoms with Crippen molar-refractivity contribution < 1.29 is 9.59 Å². The first-order valence-corrected chi connectivity index (χ1v) is 8.51. The molecule has 1 fully saturated rings. The molecule has 0 saturated carbocycles. The normalized spacial score (nSPS) is 14.9. The van der Waals surface area contributed by atoms with Crippen LogP contribution in [0.5, 0.6) is 0 Å². The zero-order valence-corrected chi connectivity index (χ0v) is 13.2. The standard InChI is InChI=1S/C14H15N3O2S2/c1-9-3-2-4-10-12(9)16-13(21-10)15-11(18)5-6-17-7-8-20-14(17)19/h2-4H,5-8H2,1H3,(H,15,16,18). The molecule has 110 valence electrons. The first kappa shape index (κ1) is 14.3. The van der Waals surface area contributed by atoms with E-state index >= 15 is 0 Å². The SMILES string of the molecule is Cc1cccc2sc(NC(=O)CCN3CCSC3=O)nc12. The van der Waals surface area contributed by atoms with E-state index in [0.717, 1.165) is 28.1 Å². The molecule has 1 aliphatic rings. The summed E-state index contributed by atoms with van der Waals surface area (Å²) in [5.74, 6) is 0.717. The van der Waals surface area contributed by atoms with Crippen molar-refractivity contribution in [1.82, 2.24) is 9.88 Å². The van der Waals surface area contributed by atoms with Crippen LogP contribution in [0.15, 0.2) is 18.2 Å². The Balaban J connectivity index is 1.61. The number of rotatable bonds is 4. The van der Waals surface area contributed by atoms with Crippen LogP contribution < -0.4 is 5.32 Å². The lowest BCUT2D eigenvalue weighted by atomic mass is 10.2. The van der Waals surface area contributed by atoms with Gasteiger partial charge in [-0.05, 0) is 18.6 Å².